The Labute approximate surface area is 129 Å². The third kappa shape index (κ3) is 1.91. The van der Waals surface area contributed by atoms with Crippen LogP contribution in [0.2, 0.25) is 0 Å². The topological polar surface area (TPSA) is 12.4 Å². The van der Waals surface area contributed by atoms with Gasteiger partial charge in [0.25, 0.3) is 0 Å². The third-order valence-corrected chi connectivity index (χ3v) is 5.01. The highest BCUT2D eigenvalue weighted by Gasteiger charge is 2.46. The first-order valence-electron chi connectivity index (χ1n) is 7.78. The summed E-state index contributed by atoms with van der Waals surface area (Å²) >= 11 is 0. The van der Waals surface area contributed by atoms with Crippen molar-refractivity contribution in [3.63, 3.8) is 0 Å². The second-order valence-electron chi connectivity index (χ2n) is 7.21. The van der Waals surface area contributed by atoms with E-state index in [1.54, 1.807) is 6.07 Å². The first kappa shape index (κ1) is 13.9. The Hall–Kier alpha value is -1.77. The van der Waals surface area contributed by atoms with E-state index in [0.717, 1.165) is 28.0 Å². The number of nitrogens with zero attached hydrogens (tertiary/aromatic N) is 1. The highest BCUT2D eigenvalue weighted by Crippen LogP contribution is 2.50. The van der Waals surface area contributed by atoms with Crippen molar-refractivity contribution < 1.29 is 8.78 Å². The second kappa shape index (κ2) is 4.37. The van der Waals surface area contributed by atoms with Crippen LogP contribution in [0.25, 0.3) is 6.08 Å². The molecule has 0 radical (unpaired) electrons. The van der Waals surface area contributed by atoms with E-state index in [1.807, 2.05) is 26.8 Å². The number of hydrogen-bond donors (Lipinski definition) is 0. The smallest absolute Gasteiger partial charge is 0.123 e. The number of halogens is 2. The van der Waals surface area contributed by atoms with Crippen LogP contribution in [0.4, 0.5) is 8.78 Å². The van der Waals surface area contributed by atoms with Crippen LogP contribution < -0.4 is 0 Å². The number of fused-ring (bicyclic) bond motifs is 4. The number of allylic oxidation sites excluding steroid dienone is 2. The fourth-order valence-corrected chi connectivity index (χ4v) is 4.35. The minimum absolute atomic E-state index is 0.230. The van der Waals surface area contributed by atoms with E-state index in [1.165, 1.54) is 12.1 Å². The molecule has 0 saturated heterocycles. The number of aliphatic imine (C=N–C) groups is 1. The van der Waals surface area contributed by atoms with Crippen LogP contribution in [0.3, 0.4) is 0 Å². The lowest BCUT2D eigenvalue weighted by Gasteiger charge is -2.40. The molecule has 1 aliphatic heterocycles. The first-order chi connectivity index (χ1) is 10.4. The zero-order valence-corrected chi connectivity index (χ0v) is 13.0. The van der Waals surface area contributed by atoms with Gasteiger partial charge in [0.15, 0.2) is 0 Å². The fourth-order valence-electron chi connectivity index (χ4n) is 4.35. The van der Waals surface area contributed by atoms with E-state index in [2.05, 4.69) is 6.08 Å². The molecule has 1 aromatic rings. The van der Waals surface area contributed by atoms with Crippen molar-refractivity contribution in [3.05, 3.63) is 52.4 Å². The lowest BCUT2D eigenvalue weighted by atomic mass is 9.70. The predicted molar refractivity (Wildman–Crippen MR) is 85.4 cm³/mol. The van der Waals surface area contributed by atoms with Gasteiger partial charge in [0.05, 0.1) is 11.5 Å². The number of rotatable bonds is 0. The van der Waals surface area contributed by atoms with Crippen LogP contribution in [-0.2, 0) is 0 Å². The summed E-state index contributed by atoms with van der Waals surface area (Å²) in [6.45, 7) is 6.10. The molecule has 114 valence electrons. The van der Waals surface area contributed by atoms with Gasteiger partial charge in [-0.05, 0) is 44.0 Å². The predicted octanol–water partition coefficient (Wildman–Crippen LogP) is 4.84. The molecular formula is C19H19F2N. The molecule has 0 N–H and O–H groups in total. The number of dihydropyridines is 1. The summed E-state index contributed by atoms with van der Waals surface area (Å²) in [5, 5.41) is 0. The van der Waals surface area contributed by atoms with Crippen LogP contribution in [0.15, 0.2) is 40.4 Å². The molecule has 0 amide bonds. The zero-order valence-electron chi connectivity index (χ0n) is 13.0. The fraction of sp³-hybridized carbons (Fsp3) is 0.421. The molecular weight excluding hydrogens is 280 g/mol. The maximum Gasteiger partial charge on any atom is 0.123 e. The van der Waals surface area contributed by atoms with Crippen molar-refractivity contribution in [2.45, 2.75) is 44.8 Å². The van der Waals surface area contributed by atoms with Crippen LogP contribution in [0.5, 0.6) is 0 Å². The monoisotopic (exact) mass is 299 g/mol. The van der Waals surface area contributed by atoms with Gasteiger partial charge < -0.3 is 0 Å². The molecule has 1 aromatic carbocycles. The van der Waals surface area contributed by atoms with Gasteiger partial charge in [0, 0.05) is 18.1 Å². The van der Waals surface area contributed by atoms with Gasteiger partial charge >= 0.3 is 0 Å². The maximum absolute atomic E-state index is 15.3. The molecule has 0 bridgehead atoms. The standard InChI is InChI=1S/C19H19F2N/c1-10-9-19(2,3)22-15-8-12-6-11-7-13(20)4-5-14(11)17(12)18(21)16(10)15/h4-7,9,16-18H,8H2,1-3H3. The van der Waals surface area contributed by atoms with Crippen LogP contribution in [0.1, 0.15) is 44.2 Å². The van der Waals surface area contributed by atoms with Crippen LogP contribution in [0, 0.1) is 11.7 Å². The number of alkyl halides is 1. The van der Waals surface area contributed by atoms with Gasteiger partial charge in [0.2, 0.25) is 0 Å². The van der Waals surface area contributed by atoms with Gasteiger partial charge in [-0.3, -0.25) is 4.99 Å². The first-order valence-corrected chi connectivity index (χ1v) is 7.78. The molecule has 3 aliphatic rings. The average molecular weight is 299 g/mol. The molecule has 3 atom stereocenters. The Kier molecular flexibility index (Phi) is 2.76. The Bertz CT molecular complexity index is 755. The van der Waals surface area contributed by atoms with Crippen molar-refractivity contribution in [2.24, 2.45) is 10.9 Å². The zero-order chi connectivity index (χ0) is 15.6. The van der Waals surface area contributed by atoms with Crippen molar-refractivity contribution >= 4 is 11.8 Å². The van der Waals surface area contributed by atoms with E-state index in [0.29, 0.717) is 6.42 Å². The molecule has 2 aliphatic carbocycles. The summed E-state index contributed by atoms with van der Waals surface area (Å²) < 4.78 is 28.7. The lowest BCUT2D eigenvalue weighted by Crippen LogP contribution is -2.41. The Morgan fingerprint density at radius 2 is 2.00 bits per heavy atom. The summed E-state index contributed by atoms with van der Waals surface area (Å²) in [5.74, 6) is -0.744. The Balaban J connectivity index is 1.82. The molecule has 1 saturated carbocycles. The largest absolute Gasteiger partial charge is 0.283 e. The summed E-state index contributed by atoms with van der Waals surface area (Å²) in [4.78, 5) is 4.76. The molecule has 3 unspecified atom stereocenters. The van der Waals surface area contributed by atoms with Crippen molar-refractivity contribution in [1.29, 1.82) is 0 Å². The van der Waals surface area contributed by atoms with Gasteiger partial charge in [-0.2, -0.15) is 0 Å². The minimum Gasteiger partial charge on any atom is -0.283 e. The lowest BCUT2D eigenvalue weighted by molar-refractivity contribution is 0.252. The summed E-state index contributed by atoms with van der Waals surface area (Å²) in [7, 11) is 0. The highest BCUT2D eigenvalue weighted by atomic mass is 19.1. The van der Waals surface area contributed by atoms with E-state index in [4.69, 9.17) is 4.99 Å². The van der Waals surface area contributed by atoms with Crippen molar-refractivity contribution in [3.8, 4) is 0 Å². The average Bonchev–Trinajstić information content (AvgIpc) is 2.73. The molecule has 0 spiro atoms. The Morgan fingerprint density at radius 3 is 2.77 bits per heavy atom. The van der Waals surface area contributed by atoms with E-state index in [9.17, 15) is 4.39 Å². The summed E-state index contributed by atoms with van der Waals surface area (Å²) in [6, 6.07) is 4.67. The SMILES string of the molecule is CC1=CC(C)(C)N=C2CC3=Cc4cc(F)ccc4C3C(F)C12. The highest BCUT2D eigenvalue weighted by molar-refractivity contribution is 5.96. The quantitative estimate of drug-likeness (QED) is 0.608. The van der Waals surface area contributed by atoms with Gasteiger partial charge in [-0.1, -0.05) is 29.4 Å². The molecule has 22 heavy (non-hydrogen) atoms. The molecule has 1 nitrogen and oxygen atoms in total. The van der Waals surface area contributed by atoms with Crippen LogP contribution >= 0.6 is 0 Å². The molecule has 1 heterocycles. The summed E-state index contributed by atoms with van der Waals surface area (Å²) in [5.41, 5.74) is 4.52. The van der Waals surface area contributed by atoms with Gasteiger partial charge in [0.1, 0.15) is 12.0 Å². The second-order valence-corrected chi connectivity index (χ2v) is 7.21. The minimum atomic E-state index is -1.02. The molecule has 1 fully saturated rings. The summed E-state index contributed by atoms with van der Waals surface area (Å²) in [6.07, 6.45) is 3.71. The van der Waals surface area contributed by atoms with Crippen molar-refractivity contribution in [2.75, 3.05) is 0 Å². The number of hydrogen-bond acceptors (Lipinski definition) is 1. The van der Waals surface area contributed by atoms with E-state index < -0.39 is 6.17 Å². The molecule has 3 heteroatoms. The van der Waals surface area contributed by atoms with Crippen LogP contribution in [-0.4, -0.2) is 17.4 Å². The number of benzene rings is 1. The van der Waals surface area contributed by atoms with E-state index in [-0.39, 0.29) is 23.2 Å². The van der Waals surface area contributed by atoms with E-state index >= 15 is 4.39 Å². The normalized spacial score (nSPS) is 31.5. The molecule has 0 aromatic heterocycles. The maximum atomic E-state index is 15.3. The van der Waals surface area contributed by atoms with Crippen molar-refractivity contribution in [1.82, 2.24) is 0 Å². The Morgan fingerprint density at radius 1 is 1.23 bits per heavy atom. The third-order valence-electron chi connectivity index (χ3n) is 5.01. The van der Waals surface area contributed by atoms with Gasteiger partial charge in [-0.25, -0.2) is 8.78 Å². The van der Waals surface area contributed by atoms with Gasteiger partial charge in [-0.15, -0.1) is 0 Å². The molecule has 4 rings (SSSR count).